The molecule has 138 valence electrons. The zero-order valence-corrected chi connectivity index (χ0v) is 15.7. The molecule has 0 aromatic heterocycles. The number of sulfonamides is 1. The van der Waals surface area contributed by atoms with Crippen molar-refractivity contribution in [2.45, 2.75) is 43.4 Å². The van der Waals surface area contributed by atoms with E-state index in [-0.39, 0.29) is 6.04 Å². The van der Waals surface area contributed by atoms with Crippen molar-refractivity contribution in [1.82, 2.24) is 4.31 Å². The molecule has 0 radical (unpaired) electrons. The molecular formula is C20H23NO4S. The van der Waals surface area contributed by atoms with Crippen LogP contribution >= 0.6 is 0 Å². The molecule has 6 heteroatoms. The summed E-state index contributed by atoms with van der Waals surface area (Å²) in [4.78, 5) is 0.369. The van der Waals surface area contributed by atoms with Gasteiger partial charge in [-0.3, -0.25) is 0 Å². The van der Waals surface area contributed by atoms with Crippen LogP contribution in [0.25, 0.3) is 0 Å². The number of nitrogens with zero attached hydrogens (tertiary/aromatic N) is 1. The summed E-state index contributed by atoms with van der Waals surface area (Å²) in [7, 11) is -1.86. The molecule has 5 nitrogen and oxygen atoms in total. The van der Waals surface area contributed by atoms with Crippen molar-refractivity contribution in [2.24, 2.45) is 0 Å². The lowest BCUT2D eigenvalue weighted by Gasteiger charge is -2.25. The summed E-state index contributed by atoms with van der Waals surface area (Å²) in [5.41, 5.74) is 3.10. The van der Waals surface area contributed by atoms with E-state index in [1.54, 1.807) is 23.5 Å². The molecule has 0 spiro atoms. The first-order valence-electron chi connectivity index (χ1n) is 8.93. The maximum atomic E-state index is 13.2. The molecule has 0 N–H and O–H groups in total. The molecule has 1 atom stereocenters. The minimum atomic E-state index is -3.51. The van der Waals surface area contributed by atoms with E-state index < -0.39 is 10.0 Å². The Morgan fingerprint density at radius 2 is 1.96 bits per heavy atom. The topological polar surface area (TPSA) is 55.8 Å². The van der Waals surface area contributed by atoms with Gasteiger partial charge in [-0.2, -0.15) is 4.31 Å². The van der Waals surface area contributed by atoms with Crippen molar-refractivity contribution in [2.75, 3.05) is 13.7 Å². The second-order valence-corrected chi connectivity index (χ2v) is 8.74. The highest BCUT2D eigenvalue weighted by molar-refractivity contribution is 7.89. The van der Waals surface area contributed by atoms with Gasteiger partial charge in [0.2, 0.25) is 10.0 Å². The van der Waals surface area contributed by atoms with Gasteiger partial charge in [-0.05, 0) is 54.2 Å². The standard InChI is InChI=1S/C20H23NO4S/c1-24-20-7-3-2-5-15(20)11-18-6-4-10-21(18)26(22,23)19-9-8-16-13-25-14-17(16)12-19/h2-3,5,7-9,12,18H,4,6,10-11,13-14H2,1H3. The lowest BCUT2D eigenvalue weighted by atomic mass is 10.0. The summed E-state index contributed by atoms with van der Waals surface area (Å²) in [6.07, 6.45) is 2.41. The highest BCUT2D eigenvalue weighted by Gasteiger charge is 2.36. The Balaban J connectivity index is 1.61. The Kier molecular flexibility index (Phi) is 4.73. The minimum absolute atomic E-state index is 0.0409. The van der Waals surface area contributed by atoms with Gasteiger partial charge in [0.05, 0.1) is 25.2 Å². The van der Waals surface area contributed by atoms with Crippen LogP contribution < -0.4 is 4.74 Å². The molecule has 2 aliphatic heterocycles. The molecule has 0 bridgehead atoms. The summed E-state index contributed by atoms with van der Waals surface area (Å²) in [5, 5.41) is 0. The Morgan fingerprint density at radius 3 is 2.81 bits per heavy atom. The predicted molar refractivity (Wildman–Crippen MR) is 98.5 cm³/mol. The smallest absolute Gasteiger partial charge is 0.243 e. The molecular weight excluding hydrogens is 350 g/mol. The first-order chi connectivity index (χ1) is 12.6. The van der Waals surface area contributed by atoms with Crippen LogP contribution in [0.5, 0.6) is 5.75 Å². The molecule has 2 aliphatic rings. The van der Waals surface area contributed by atoms with Crippen LogP contribution in [0.15, 0.2) is 47.4 Å². The van der Waals surface area contributed by atoms with E-state index in [1.165, 1.54) is 0 Å². The van der Waals surface area contributed by atoms with Crippen molar-refractivity contribution in [3.05, 3.63) is 59.2 Å². The van der Waals surface area contributed by atoms with Crippen LogP contribution in [0.2, 0.25) is 0 Å². The number of benzene rings is 2. The fourth-order valence-electron chi connectivity index (χ4n) is 3.90. The van der Waals surface area contributed by atoms with Gasteiger partial charge in [-0.15, -0.1) is 0 Å². The van der Waals surface area contributed by atoms with Gasteiger partial charge in [0.1, 0.15) is 5.75 Å². The second kappa shape index (κ2) is 7.02. The molecule has 2 heterocycles. The lowest BCUT2D eigenvalue weighted by molar-refractivity contribution is 0.134. The Labute approximate surface area is 154 Å². The van der Waals surface area contributed by atoms with Gasteiger partial charge >= 0.3 is 0 Å². The number of hydrogen-bond donors (Lipinski definition) is 0. The Bertz CT molecular complexity index is 910. The summed E-state index contributed by atoms with van der Waals surface area (Å²) in [6, 6.07) is 13.1. The zero-order chi connectivity index (χ0) is 18.1. The van der Waals surface area contributed by atoms with Crippen LogP contribution in [-0.2, 0) is 34.4 Å². The summed E-state index contributed by atoms with van der Waals surface area (Å²) in [6.45, 7) is 1.62. The largest absolute Gasteiger partial charge is 0.496 e. The molecule has 2 aromatic carbocycles. The normalized spacial score (nSPS) is 20.3. The maximum absolute atomic E-state index is 13.2. The predicted octanol–water partition coefficient (Wildman–Crippen LogP) is 3.12. The number of rotatable bonds is 5. The van der Waals surface area contributed by atoms with Gasteiger partial charge < -0.3 is 9.47 Å². The molecule has 0 aliphatic carbocycles. The van der Waals surface area contributed by atoms with E-state index in [1.807, 2.05) is 30.3 Å². The molecule has 4 rings (SSSR count). The number of ether oxygens (including phenoxy) is 2. The van der Waals surface area contributed by atoms with Gasteiger partial charge in [-0.1, -0.05) is 24.3 Å². The minimum Gasteiger partial charge on any atom is -0.496 e. The number of methoxy groups -OCH3 is 1. The number of para-hydroxylation sites is 1. The summed E-state index contributed by atoms with van der Waals surface area (Å²) < 4.78 is 39.0. The maximum Gasteiger partial charge on any atom is 0.243 e. The van der Waals surface area contributed by atoms with Crippen LogP contribution in [0.1, 0.15) is 29.5 Å². The van der Waals surface area contributed by atoms with E-state index in [4.69, 9.17) is 9.47 Å². The van der Waals surface area contributed by atoms with Gasteiger partial charge in [-0.25, -0.2) is 8.42 Å². The van der Waals surface area contributed by atoms with E-state index >= 15 is 0 Å². The summed E-state index contributed by atoms with van der Waals surface area (Å²) >= 11 is 0. The number of fused-ring (bicyclic) bond motifs is 1. The fourth-order valence-corrected chi connectivity index (χ4v) is 5.64. The monoisotopic (exact) mass is 373 g/mol. The highest BCUT2D eigenvalue weighted by Crippen LogP contribution is 2.32. The molecule has 0 saturated carbocycles. The Morgan fingerprint density at radius 1 is 1.15 bits per heavy atom. The van der Waals surface area contributed by atoms with Gasteiger partial charge in [0, 0.05) is 12.6 Å². The third kappa shape index (κ3) is 3.13. The van der Waals surface area contributed by atoms with Gasteiger partial charge in [0.15, 0.2) is 0 Å². The first-order valence-corrected chi connectivity index (χ1v) is 10.4. The van der Waals surface area contributed by atoms with Crippen molar-refractivity contribution < 1.29 is 17.9 Å². The van der Waals surface area contributed by atoms with E-state index in [9.17, 15) is 8.42 Å². The van der Waals surface area contributed by atoms with Crippen LogP contribution in [-0.4, -0.2) is 32.4 Å². The molecule has 1 saturated heterocycles. The highest BCUT2D eigenvalue weighted by atomic mass is 32.2. The van der Waals surface area contributed by atoms with Gasteiger partial charge in [0.25, 0.3) is 0 Å². The molecule has 0 amide bonds. The van der Waals surface area contributed by atoms with E-state index in [0.29, 0.717) is 31.1 Å². The Hall–Kier alpha value is -1.89. The number of hydrogen-bond acceptors (Lipinski definition) is 4. The molecule has 2 aromatic rings. The first kappa shape index (κ1) is 17.5. The van der Waals surface area contributed by atoms with E-state index in [0.717, 1.165) is 35.3 Å². The van der Waals surface area contributed by atoms with Crippen molar-refractivity contribution in [3.8, 4) is 5.75 Å². The average Bonchev–Trinajstić information content (AvgIpc) is 3.30. The van der Waals surface area contributed by atoms with E-state index in [2.05, 4.69) is 0 Å². The fraction of sp³-hybridized carbons (Fsp3) is 0.400. The third-order valence-electron chi connectivity index (χ3n) is 5.27. The third-order valence-corrected chi connectivity index (χ3v) is 7.22. The molecule has 1 unspecified atom stereocenters. The van der Waals surface area contributed by atoms with Crippen molar-refractivity contribution in [3.63, 3.8) is 0 Å². The molecule has 1 fully saturated rings. The SMILES string of the molecule is COc1ccccc1CC1CCCN1S(=O)(=O)c1ccc2c(c1)COC2. The average molecular weight is 373 g/mol. The van der Waals surface area contributed by atoms with Crippen LogP contribution in [0.3, 0.4) is 0 Å². The van der Waals surface area contributed by atoms with Crippen molar-refractivity contribution in [1.29, 1.82) is 0 Å². The van der Waals surface area contributed by atoms with Crippen LogP contribution in [0.4, 0.5) is 0 Å². The quantitative estimate of drug-likeness (QED) is 0.808. The summed E-state index contributed by atoms with van der Waals surface area (Å²) in [5.74, 6) is 0.812. The lowest BCUT2D eigenvalue weighted by Crippen LogP contribution is -2.36. The zero-order valence-electron chi connectivity index (χ0n) is 14.8. The molecule has 26 heavy (non-hydrogen) atoms. The van der Waals surface area contributed by atoms with Crippen molar-refractivity contribution >= 4 is 10.0 Å². The second-order valence-electron chi connectivity index (χ2n) is 6.85. The van der Waals surface area contributed by atoms with Crippen LogP contribution in [0, 0.1) is 0 Å².